The van der Waals surface area contributed by atoms with E-state index in [4.69, 9.17) is 0 Å². The number of nitrogens with one attached hydrogen (secondary N) is 2. The monoisotopic (exact) mass is 270 g/mol. The molecule has 1 atom stereocenters. The van der Waals surface area contributed by atoms with E-state index >= 15 is 0 Å². The molecule has 0 aliphatic carbocycles. The minimum absolute atomic E-state index is 0.0939. The first kappa shape index (κ1) is 14.5. The molecule has 0 heterocycles. The molecular weight excluding hydrogens is 248 g/mol. The fourth-order valence-corrected chi connectivity index (χ4v) is 2.26. The lowest BCUT2D eigenvalue weighted by atomic mass is 9.97. The predicted molar refractivity (Wildman–Crippen MR) is 83.9 cm³/mol. The van der Waals surface area contributed by atoms with Gasteiger partial charge in [0.25, 0.3) is 0 Å². The third kappa shape index (κ3) is 3.58. The molecule has 0 saturated carbocycles. The summed E-state index contributed by atoms with van der Waals surface area (Å²) < 4.78 is 0. The van der Waals surface area contributed by atoms with Crippen LogP contribution in [-0.2, 0) is 4.79 Å². The molecule has 2 aromatic rings. The van der Waals surface area contributed by atoms with Gasteiger partial charge in [0.15, 0.2) is 0 Å². The number of fused-ring (bicyclic) bond motifs is 1. The minimum atomic E-state index is -0.116. The van der Waals surface area contributed by atoms with E-state index in [1.165, 1.54) is 10.8 Å². The van der Waals surface area contributed by atoms with Crippen LogP contribution in [0.25, 0.3) is 10.8 Å². The average molecular weight is 270 g/mol. The number of carbonyl (C=O) groups excluding carboxylic acids is 1. The van der Waals surface area contributed by atoms with Gasteiger partial charge >= 0.3 is 0 Å². The molecule has 2 N–H and O–H groups in total. The van der Waals surface area contributed by atoms with Crippen molar-refractivity contribution in [2.45, 2.75) is 19.3 Å². The molecule has 0 aliphatic rings. The van der Waals surface area contributed by atoms with Gasteiger partial charge in [-0.2, -0.15) is 0 Å². The summed E-state index contributed by atoms with van der Waals surface area (Å²) in [6.45, 7) is 3.60. The first-order chi connectivity index (χ1) is 9.72. The van der Waals surface area contributed by atoms with Gasteiger partial charge in [-0.3, -0.25) is 4.79 Å². The molecule has 1 amide bonds. The molecule has 0 aromatic heterocycles. The van der Waals surface area contributed by atoms with Crippen LogP contribution in [0.4, 0.5) is 0 Å². The molecule has 3 nitrogen and oxygen atoms in total. The van der Waals surface area contributed by atoms with Gasteiger partial charge in [0, 0.05) is 6.54 Å². The maximum Gasteiger partial charge on any atom is 0.227 e. The Morgan fingerprint density at radius 3 is 2.60 bits per heavy atom. The van der Waals surface area contributed by atoms with Gasteiger partial charge in [0.2, 0.25) is 5.91 Å². The topological polar surface area (TPSA) is 41.1 Å². The minimum Gasteiger partial charge on any atom is -0.356 e. The van der Waals surface area contributed by atoms with E-state index in [1.54, 1.807) is 0 Å². The van der Waals surface area contributed by atoms with Crippen LogP contribution in [0, 0.1) is 0 Å². The zero-order chi connectivity index (χ0) is 14.4. The fourth-order valence-electron chi connectivity index (χ4n) is 2.26. The Morgan fingerprint density at radius 2 is 1.85 bits per heavy atom. The van der Waals surface area contributed by atoms with Crippen LogP contribution in [0.3, 0.4) is 0 Å². The Labute approximate surface area is 120 Å². The second-order valence-electron chi connectivity index (χ2n) is 5.08. The third-order valence-corrected chi connectivity index (χ3v) is 3.57. The number of amides is 1. The van der Waals surface area contributed by atoms with Gasteiger partial charge in [0.1, 0.15) is 0 Å². The summed E-state index contributed by atoms with van der Waals surface area (Å²) in [5.41, 5.74) is 1.06. The first-order valence-electron chi connectivity index (χ1n) is 7.13. The Kier molecular flexibility index (Phi) is 5.13. The number of hydrogen-bond donors (Lipinski definition) is 2. The first-order valence-corrected chi connectivity index (χ1v) is 7.13. The van der Waals surface area contributed by atoms with E-state index < -0.39 is 0 Å². The molecule has 0 fully saturated rings. The predicted octanol–water partition coefficient (Wildman–Crippen LogP) is 2.67. The molecule has 2 rings (SSSR count). The summed E-state index contributed by atoms with van der Waals surface area (Å²) >= 11 is 0. The van der Waals surface area contributed by atoms with Gasteiger partial charge in [-0.25, -0.2) is 0 Å². The number of rotatable bonds is 6. The maximum absolute atomic E-state index is 12.1. The Bertz CT molecular complexity index is 580. The lowest BCUT2D eigenvalue weighted by Gasteiger charge is -2.13. The van der Waals surface area contributed by atoms with E-state index in [0.717, 1.165) is 25.1 Å². The standard InChI is InChI=1S/C17H22N2O/c1-13(17(20)19-11-5-10-18-2)15-9-8-14-6-3-4-7-16(14)12-15/h3-4,6-9,12-13,18H,5,10-11H2,1-2H3,(H,19,20). The summed E-state index contributed by atoms with van der Waals surface area (Å²) in [6, 6.07) is 14.4. The summed E-state index contributed by atoms with van der Waals surface area (Å²) in [7, 11) is 1.92. The highest BCUT2D eigenvalue weighted by molar-refractivity contribution is 5.87. The summed E-state index contributed by atoms with van der Waals surface area (Å²) in [5.74, 6) is -0.0226. The largest absolute Gasteiger partial charge is 0.356 e. The fraction of sp³-hybridized carbons (Fsp3) is 0.353. The Hall–Kier alpha value is -1.87. The van der Waals surface area contributed by atoms with E-state index in [0.29, 0.717) is 0 Å². The lowest BCUT2D eigenvalue weighted by molar-refractivity contribution is -0.122. The van der Waals surface area contributed by atoms with Crippen molar-refractivity contribution in [1.29, 1.82) is 0 Å². The summed E-state index contributed by atoms with van der Waals surface area (Å²) in [5, 5.41) is 8.44. The zero-order valence-corrected chi connectivity index (χ0v) is 12.1. The highest BCUT2D eigenvalue weighted by Gasteiger charge is 2.14. The molecule has 0 radical (unpaired) electrons. The zero-order valence-electron chi connectivity index (χ0n) is 12.1. The highest BCUT2D eigenvalue weighted by atomic mass is 16.1. The van der Waals surface area contributed by atoms with Crippen LogP contribution in [0.5, 0.6) is 0 Å². The lowest BCUT2D eigenvalue weighted by Crippen LogP contribution is -2.30. The van der Waals surface area contributed by atoms with Crippen molar-refractivity contribution in [3.05, 3.63) is 48.0 Å². The quantitative estimate of drug-likeness (QED) is 0.792. The van der Waals surface area contributed by atoms with Crippen LogP contribution in [0.1, 0.15) is 24.8 Å². The molecular formula is C17H22N2O. The second-order valence-corrected chi connectivity index (χ2v) is 5.08. The van der Waals surface area contributed by atoms with E-state index in [9.17, 15) is 4.79 Å². The molecule has 0 saturated heterocycles. The molecule has 3 heteroatoms. The van der Waals surface area contributed by atoms with Crippen LogP contribution in [0.15, 0.2) is 42.5 Å². The van der Waals surface area contributed by atoms with E-state index in [1.807, 2.05) is 32.2 Å². The summed E-state index contributed by atoms with van der Waals surface area (Å²) in [6.07, 6.45) is 0.951. The second kappa shape index (κ2) is 7.06. The number of hydrogen-bond acceptors (Lipinski definition) is 2. The molecule has 0 spiro atoms. The van der Waals surface area contributed by atoms with Crippen molar-refractivity contribution in [2.75, 3.05) is 20.1 Å². The third-order valence-electron chi connectivity index (χ3n) is 3.57. The van der Waals surface area contributed by atoms with Crippen LogP contribution >= 0.6 is 0 Å². The van der Waals surface area contributed by atoms with Gasteiger partial charge in [0.05, 0.1) is 5.92 Å². The van der Waals surface area contributed by atoms with Crippen molar-refractivity contribution in [1.82, 2.24) is 10.6 Å². The van der Waals surface area contributed by atoms with Gasteiger partial charge in [-0.05, 0) is 43.3 Å². The molecule has 1 unspecified atom stereocenters. The average Bonchev–Trinajstić information content (AvgIpc) is 2.50. The Morgan fingerprint density at radius 1 is 1.10 bits per heavy atom. The van der Waals surface area contributed by atoms with Gasteiger partial charge in [-0.15, -0.1) is 0 Å². The van der Waals surface area contributed by atoms with Crippen molar-refractivity contribution >= 4 is 16.7 Å². The highest BCUT2D eigenvalue weighted by Crippen LogP contribution is 2.21. The summed E-state index contributed by atoms with van der Waals surface area (Å²) in [4.78, 5) is 12.1. The smallest absolute Gasteiger partial charge is 0.227 e. The van der Waals surface area contributed by atoms with Crippen LogP contribution < -0.4 is 10.6 Å². The molecule has 20 heavy (non-hydrogen) atoms. The number of carbonyl (C=O) groups is 1. The van der Waals surface area contributed by atoms with Crippen molar-refractivity contribution in [3.8, 4) is 0 Å². The molecule has 2 aromatic carbocycles. The Balaban J connectivity index is 2.02. The van der Waals surface area contributed by atoms with E-state index in [-0.39, 0.29) is 11.8 Å². The SMILES string of the molecule is CNCCCNC(=O)C(C)c1ccc2ccccc2c1. The molecule has 0 bridgehead atoms. The van der Waals surface area contributed by atoms with Crippen molar-refractivity contribution in [2.24, 2.45) is 0 Å². The van der Waals surface area contributed by atoms with Crippen LogP contribution in [0.2, 0.25) is 0 Å². The van der Waals surface area contributed by atoms with Gasteiger partial charge < -0.3 is 10.6 Å². The molecule has 0 aliphatic heterocycles. The molecule has 106 valence electrons. The van der Waals surface area contributed by atoms with E-state index in [2.05, 4.69) is 34.9 Å². The van der Waals surface area contributed by atoms with Gasteiger partial charge in [-0.1, -0.05) is 42.5 Å². The maximum atomic E-state index is 12.1. The normalized spacial score (nSPS) is 12.3. The van der Waals surface area contributed by atoms with Crippen molar-refractivity contribution in [3.63, 3.8) is 0 Å². The van der Waals surface area contributed by atoms with Crippen LogP contribution in [-0.4, -0.2) is 26.0 Å². The number of benzene rings is 2. The van der Waals surface area contributed by atoms with Crippen molar-refractivity contribution < 1.29 is 4.79 Å².